The molecule has 12 heteroatoms. The van der Waals surface area contributed by atoms with Gasteiger partial charge in [-0.1, -0.05) is 37.9 Å². The number of non-ortho nitro benzene ring substituents is 1. The molecular weight excluding hydrogens is 691 g/mol. The second-order valence-corrected chi connectivity index (χ2v) is 18.9. The zero-order valence-electron chi connectivity index (χ0n) is 21.1. The highest BCUT2D eigenvalue weighted by molar-refractivity contribution is 14.1. The number of carbonyl (C=O) groups is 1. The largest absolute Gasteiger partial charge is 0.496 e. The van der Waals surface area contributed by atoms with Gasteiger partial charge in [-0.25, -0.2) is 12.7 Å². The van der Waals surface area contributed by atoms with E-state index in [-0.39, 0.29) is 22.9 Å². The van der Waals surface area contributed by atoms with Crippen molar-refractivity contribution in [1.82, 2.24) is 4.31 Å². The number of rotatable bonds is 9. The van der Waals surface area contributed by atoms with Gasteiger partial charge in [0.15, 0.2) is 5.78 Å². The van der Waals surface area contributed by atoms with Crippen LogP contribution in [0.1, 0.15) is 12.0 Å². The monoisotopic (exact) mass is 718 g/mol. The number of ketones is 1. The average Bonchev–Trinajstić information content (AvgIpc) is 2.83. The molecule has 0 radical (unpaired) electrons. The molecule has 0 spiro atoms. The van der Waals surface area contributed by atoms with E-state index in [9.17, 15) is 23.3 Å². The Labute approximate surface area is 240 Å². The van der Waals surface area contributed by atoms with E-state index in [4.69, 9.17) is 4.74 Å². The van der Waals surface area contributed by atoms with Gasteiger partial charge in [-0.05, 0) is 80.0 Å². The third kappa shape index (κ3) is 6.24. The number of ether oxygens (including phenoxy) is 1. The van der Waals surface area contributed by atoms with Gasteiger partial charge in [0.25, 0.3) is 5.69 Å². The summed E-state index contributed by atoms with van der Waals surface area (Å²) < 4.78 is 34.5. The highest BCUT2D eigenvalue weighted by Gasteiger charge is 2.40. The molecule has 2 aromatic carbocycles. The molecule has 1 aliphatic rings. The standard InChI is InChI=1S/C25H28BrIN2O6SSi/c1-28(36(33,34)19-9-7-18(8-10-19)29(31)32)13-12-25(17-6-11-22(35-2)21(27)14-17)15-20(26)24(30)23(16-25)37(3,4)5/h6-11,14-16H,12-13H2,1-5H3. The molecule has 198 valence electrons. The summed E-state index contributed by atoms with van der Waals surface area (Å²) >= 11 is 5.69. The molecule has 0 amide bonds. The number of allylic oxidation sites excluding steroid dienone is 4. The molecular formula is C25H28BrIN2O6SSi. The minimum absolute atomic E-state index is 0.0254. The van der Waals surface area contributed by atoms with Crippen molar-refractivity contribution in [2.75, 3.05) is 20.7 Å². The fraction of sp³-hybridized carbons (Fsp3) is 0.320. The maximum atomic E-state index is 13.3. The van der Waals surface area contributed by atoms with Gasteiger partial charge in [-0.2, -0.15) is 0 Å². The Kier molecular flexibility index (Phi) is 8.89. The predicted molar refractivity (Wildman–Crippen MR) is 158 cm³/mol. The molecule has 3 rings (SSSR count). The highest BCUT2D eigenvalue weighted by Crippen LogP contribution is 2.42. The molecule has 1 unspecified atom stereocenters. The molecule has 8 nitrogen and oxygen atoms in total. The minimum Gasteiger partial charge on any atom is -0.496 e. The number of nitrogens with zero attached hydrogens (tertiary/aromatic N) is 2. The van der Waals surface area contributed by atoms with Crippen molar-refractivity contribution in [2.45, 2.75) is 36.4 Å². The summed E-state index contributed by atoms with van der Waals surface area (Å²) in [7, 11) is -2.86. The van der Waals surface area contributed by atoms with E-state index in [0.717, 1.165) is 20.1 Å². The van der Waals surface area contributed by atoms with Crippen molar-refractivity contribution in [3.8, 4) is 5.75 Å². The summed E-state index contributed by atoms with van der Waals surface area (Å²) in [5.41, 5.74) is -0.00654. The molecule has 0 bridgehead atoms. The number of sulfonamides is 1. The Morgan fingerprint density at radius 2 is 1.76 bits per heavy atom. The third-order valence-electron chi connectivity index (χ3n) is 6.34. The molecule has 1 aliphatic carbocycles. The summed E-state index contributed by atoms with van der Waals surface area (Å²) in [4.78, 5) is 23.4. The molecule has 2 aromatic rings. The quantitative estimate of drug-likeness (QED) is 0.140. The normalized spacial score (nSPS) is 18.4. The van der Waals surface area contributed by atoms with Crippen LogP contribution in [0.2, 0.25) is 19.6 Å². The smallest absolute Gasteiger partial charge is 0.269 e. The van der Waals surface area contributed by atoms with Gasteiger partial charge in [-0.15, -0.1) is 0 Å². The topological polar surface area (TPSA) is 107 Å². The van der Waals surface area contributed by atoms with Gasteiger partial charge in [0, 0.05) is 31.1 Å². The van der Waals surface area contributed by atoms with E-state index < -0.39 is 28.4 Å². The van der Waals surface area contributed by atoms with Crippen molar-refractivity contribution in [3.63, 3.8) is 0 Å². The van der Waals surface area contributed by atoms with Crippen LogP contribution in [0.5, 0.6) is 5.75 Å². The second-order valence-electron chi connectivity index (χ2n) is 9.85. The lowest BCUT2D eigenvalue weighted by Crippen LogP contribution is -2.39. The van der Waals surface area contributed by atoms with Crippen molar-refractivity contribution in [3.05, 3.63) is 83.5 Å². The van der Waals surface area contributed by atoms with Gasteiger partial charge in [0.2, 0.25) is 10.0 Å². The lowest BCUT2D eigenvalue weighted by atomic mass is 9.74. The molecule has 0 aromatic heterocycles. The summed E-state index contributed by atoms with van der Waals surface area (Å²) in [6.07, 6.45) is 4.24. The third-order valence-corrected chi connectivity index (χ3v) is 11.6. The maximum absolute atomic E-state index is 13.3. The summed E-state index contributed by atoms with van der Waals surface area (Å²) in [6, 6.07) is 10.6. The van der Waals surface area contributed by atoms with Crippen LogP contribution in [0.25, 0.3) is 0 Å². The first-order valence-electron chi connectivity index (χ1n) is 11.3. The number of nitro benzene ring substituents is 1. The van der Waals surface area contributed by atoms with Gasteiger partial charge in [0.1, 0.15) is 5.75 Å². The van der Waals surface area contributed by atoms with Gasteiger partial charge >= 0.3 is 0 Å². The van der Waals surface area contributed by atoms with Crippen LogP contribution >= 0.6 is 38.5 Å². The molecule has 0 fully saturated rings. The van der Waals surface area contributed by atoms with Crippen molar-refractivity contribution < 1.29 is 22.9 Å². The Hall–Kier alpha value is -1.87. The molecule has 1 atom stereocenters. The summed E-state index contributed by atoms with van der Waals surface area (Å²) in [5, 5.41) is 11.7. The molecule has 0 saturated heterocycles. The zero-order chi connectivity index (χ0) is 27.8. The first-order valence-corrected chi connectivity index (χ1v) is 18.1. The van der Waals surface area contributed by atoms with Crippen LogP contribution in [0.3, 0.4) is 0 Å². The highest BCUT2D eigenvalue weighted by atomic mass is 127. The van der Waals surface area contributed by atoms with Crippen LogP contribution in [0.15, 0.2) is 69.2 Å². The Bertz CT molecular complexity index is 1400. The molecule has 37 heavy (non-hydrogen) atoms. The second kappa shape index (κ2) is 11.1. The molecule has 0 N–H and O–H groups in total. The SMILES string of the molecule is COc1ccc(C2(CCN(C)S(=O)(=O)c3ccc([N+](=O)[O-])cc3)C=C(Br)C(=O)C([Si](C)(C)C)=C2)cc1I. The van der Waals surface area contributed by atoms with Crippen LogP contribution in [0.4, 0.5) is 5.69 Å². The first kappa shape index (κ1) is 29.7. The number of nitro groups is 1. The number of methoxy groups -OCH3 is 1. The van der Waals surface area contributed by atoms with Crippen LogP contribution in [0, 0.1) is 13.7 Å². The summed E-state index contributed by atoms with van der Waals surface area (Å²) in [6.45, 7) is 6.46. The van der Waals surface area contributed by atoms with E-state index in [2.05, 4.69) is 58.2 Å². The lowest BCUT2D eigenvalue weighted by Gasteiger charge is -2.36. The number of Topliss-reactive ketones (excluding diaryl/α,β-unsaturated/α-hetero) is 1. The Balaban J connectivity index is 2.05. The van der Waals surface area contributed by atoms with Crippen molar-refractivity contribution in [2.24, 2.45) is 0 Å². The number of hydrogen-bond donors (Lipinski definition) is 0. The zero-order valence-corrected chi connectivity index (χ0v) is 26.7. The molecule has 0 heterocycles. The van der Waals surface area contributed by atoms with Crippen molar-refractivity contribution in [1.29, 1.82) is 0 Å². The van der Waals surface area contributed by atoms with E-state index in [0.29, 0.717) is 10.9 Å². The Morgan fingerprint density at radius 1 is 1.14 bits per heavy atom. The van der Waals surface area contributed by atoms with Gasteiger partial charge in [-0.3, -0.25) is 14.9 Å². The van der Waals surface area contributed by atoms with Crippen molar-refractivity contribution >= 4 is 68.1 Å². The summed E-state index contributed by atoms with van der Waals surface area (Å²) in [5.74, 6) is 0.687. The van der Waals surface area contributed by atoms with Gasteiger partial charge < -0.3 is 4.74 Å². The first-order chi connectivity index (χ1) is 17.1. The van der Waals surface area contributed by atoms with Crippen LogP contribution in [-0.4, -0.2) is 52.2 Å². The molecule has 0 aliphatic heterocycles. The van der Waals surface area contributed by atoms with Crippen LogP contribution in [-0.2, 0) is 20.2 Å². The number of halogens is 2. The minimum atomic E-state index is -3.90. The number of benzene rings is 2. The number of hydrogen-bond acceptors (Lipinski definition) is 6. The fourth-order valence-corrected chi connectivity index (χ4v) is 8.35. The molecule has 0 saturated carbocycles. The van der Waals surface area contributed by atoms with E-state index in [1.54, 1.807) is 7.11 Å². The fourth-order valence-electron chi connectivity index (χ4n) is 4.14. The average molecular weight is 719 g/mol. The van der Waals surface area contributed by atoms with E-state index in [1.165, 1.54) is 35.6 Å². The predicted octanol–water partition coefficient (Wildman–Crippen LogP) is 5.82. The van der Waals surface area contributed by atoms with Crippen LogP contribution < -0.4 is 4.74 Å². The van der Waals surface area contributed by atoms with E-state index in [1.807, 2.05) is 30.4 Å². The number of carbonyl (C=O) groups excluding carboxylic acids is 1. The Morgan fingerprint density at radius 3 is 2.27 bits per heavy atom. The van der Waals surface area contributed by atoms with Gasteiger partial charge in [0.05, 0.1) is 33.1 Å². The lowest BCUT2D eigenvalue weighted by molar-refractivity contribution is -0.384. The maximum Gasteiger partial charge on any atom is 0.269 e. The van der Waals surface area contributed by atoms with E-state index >= 15 is 0 Å².